The second-order valence-corrected chi connectivity index (χ2v) is 7.39. The minimum absolute atomic E-state index is 0.201. The summed E-state index contributed by atoms with van der Waals surface area (Å²) in [6.45, 7) is 2.69. The first-order valence-corrected chi connectivity index (χ1v) is 9.15. The molecule has 5 heteroatoms. The van der Waals surface area contributed by atoms with Crippen LogP contribution in [0.2, 0.25) is 5.02 Å². The van der Waals surface area contributed by atoms with Crippen LogP contribution >= 0.6 is 11.6 Å². The van der Waals surface area contributed by atoms with Crippen LogP contribution in [0.1, 0.15) is 41.6 Å². The molecule has 4 rings (SSSR count). The Labute approximate surface area is 152 Å². The normalized spacial score (nSPS) is 23.8. The fourth-order valence-corrected chi connectivity index (χ4v) is 4.06. The van der Waals surface area contributed by atoms with Crippen LogP contribution in [0.15, 0.2) is 42.7 Å². The molecule has 0 saturated carbocycles. The van der Waals surface area contributed by atoms with Gasteiger partial charge in [0.1, 0.15) is 11.4 Å². The van der Waals surface area contributed by atoms with Gasteiger partial charge in [0.25, 0.3) is 0 Å². The molecule has 0 bridgehead atoms. The number of aromatic nitrogens is 1. The number of para-hydroxylation sites is 1. The van der Waals surface area contributed by atoms with Crippen molar-refractivity contribution < 1.29 is 9.53 Å². The number of halogens is 1. The van der Waals surface area contributed by atoms with E-state index in [1.807, 2.05) is 30.3 Å². The van der Waals surface area contributed by atoms with Gasteiger partial charge in [-0.15, -0.1) is 0 Å². The molecule has 2 aromatic rings. The number of hydrogen-bond donors (Lipinski definition) is 0. The standard InChI is InChI=1S/C20H21ClN2O2/c21-17-13-22-9-6-15(17)14-23-10-3-7-20(8-11-23)12-18(24)16-4-1-2-5-19(16)25-20/h1-2,4-6,9,13H,3,7-8,10-12,14H2. The molecule has 1 saturated heterocycles. The van der Waals surface area contributed by atoms with E-state index in [1.54, 1.807) is 12.4 Å². The largest absolute Gasteiger partial charge is 0.486 e. The van der Waals surface area contributed by atoms with Gasteiger partial charge in [-0.3, -0.25) is 14.7 Å². The van der Waals surface area contributed by atoms with Gasteiger partial charge in [0.05, 0.1) is 17.0 Å². The second-order valence-electron chi connectivity index (χ2n) is 6.98. The first kappa shape index (κ1) is 16.6. The average molecular weight is 357 g/mol. The highest BCUT2D eigenvalue weighted by molar-refractivity contribution is 6.31. The minimum atomic E-state index is -0.359. The lowest BCUT2D eigenvalue weighted by Gasteiger charge is -2.37. The molecule has 2 aliphatic rings. The van der Waals surface area contributed by atoms with Crippen molar-refractivity contribution in [1.82, 2.24) is 9.88 Å². The molecule has 0 amide bonds. The highest BCUT2D eigenvalue weighted by Crippen LogP contribution is 2.39. The number of likely N-dealkylation sites (tertiary alicyclic amines) is 1. The summed E-state index contributed by atoms with van der Waals surface area (Å²) in [4.78, 5) is 19.0. The number of hydrogen-bond acceptors (Lipinski definition) is 4. The molecule has 25 heavy (non-hydrogen) atoms. The van der Waals surface area contributed by atoms with E-state index in [2.05, 4.69) is 9.88 Å². The summed E-state index contributed by atoms with van der Waals surface area (Å²) in [6, 6.07) is 9.57. The second kappa shape index (κ2) is 6.77. The van der Waals surface area contributed by atoms with Gasteiger partial charge in [0, 0.05) is 31.9 Å². The first-order valence-electron chi connectivity index (χ1n) is 8.77. The third-order valence-corrected chi connectivity index (χ3v) is 5.58. The third-order valence-electron chi connectivity index (χ3n) is 5.24. The molecule has 1 unspecified atom stereocenters. The molecule has 0 aliphatic carbocycles. The van der Waals surface area contributed by atoms with Gasteiger partial charge < -0.3 is 4.74 Å². The van der Waals surface area contributed by atoms with E-state index in [0.29, 0.717) is 11.4 Å². The smallest absolute Gasteiger partial charge is 0.170 e. The van der Waals surface area contributed by atoms with E-state index in [9.17, 15) is 4.79 Å². The van der Waals surface area contributed by atoms with Crippen molar-refractivity contribution in [3.05, 3.63) is 58.9 Å². The van der Waals surface area contributed by atoms with E-state index in [-0.39, 0.29) is 11.4 Å². The van der Waals surface area contributed by atoms with Crippen LogP contribution in [0, 0.1) is 0 Å². The van der Waals surface area contributed by atoms with Crippen LogP contribution in [0.3, 0.4) is 0 Å². The van der Waals surface area contributed by atoms with E-state index in [0.717, 1.165) is 55.8 Å². The zero-order chi connectivity index (χ0) is 17.3. The molecule has 1 aromatic heterocycles. The van der Waals surface area contributed by atoms with Crippen molar-refractivity contribution in [3.8, 4) is 5.75 Å². The van der Waals surface area contributed by atoms with Crippen molar-refractivity contribution in [2.45, 2.75) is 37.8 Å². The number of ketones is 1. The summed E-state index contributed by atoms with van der Waals surface area (Å²) in [5, 5.41) is 0.708. The van der Waals surface area contributed by atoms with Crippen molar-refractivity contribution in [2.75, 3.05) is 13.1 Å². The van der Waals surface area contributed by atoms with Gasteiger partial charge in [-0.1, -0.05) is 23.7 Å². The Balaban J connectivity index is 1.48. The lowest BCUT2D eigenvalue weighted by Crippen LogP contribution is -2.42. The maximum atomic E-state index is 12.6. The molecular formula is C20H21ClN2O2. The first-order chi connectivity index (χ1) is 12.2. The fraction of sp³-hybridized carbons (Fsp3) is 0.400. The molecule has 1 atom stereocenters. The number of nitrogens with zero attached hydrogens (tertiary/aromatic N) is 2. The topological polar surface area (TPSA) is 42.4 Å². The van der Waals surface area contributed by atoms with E-state index in [1.165, 1.54) is 0 Å². The lowest BCUT2D eigenvalue weighted by molar-refractivity contribution is 0.0299. The number of pyridine rings is 1. The molecular weight excluding hydrogens is 336 g/mol. The Morgan fingerprint density at radius 1 is 1.20 bits per heavy atom. The molecule has 4 nitrogen and oxygen atoms in total. The van der Waals surface area contributed by atoms with E-state index >= 15 is 0 Å². The monoisotopic (exact) mass is 356 g/mol. The predicted molar refractivity (Wildman–Crippen MR) is 97.1 cm³/mol. The van der Waals surface area contributed by atoms with Gasteiger partial charge in [-0.25, -0.2) is 0 Å². The number of rotatable bonds is 2. The maximum Gasteiger partial charge on any atom is 0.170 e. The number of carbonyl (C=O) groups excluding carboxylic acids is 1. The molecule has 1 spiro atoms. The van der Waals surface area contributed by atoms with Crippen LogP contribution in [0.25, 0.3) is 0 Å². The van der Waals surface area contributed by atoms with Crippen LogP contribution in [-0.2, 0) is 6.54 Å². The van der Waals surface area contributed by atoms with Crippen LogP contribution in [-0.4, -0.2) is 34.4 Å². The van der Waals surface area contributed by atoms with Crippen LogP contribution in [0.4, 0.5) is 0 Å². The average Bonchev–Trinajstić information content (AvgIpc) is 2.79. The van der Waals surface area contributed by atoms with Gasteiger partial charge in [-0.2, -0.15) is 0 Å². The Hall–Kier alpha value is -1.91. The number of fused-ring (bicyclic) bond motifs is 1. The molecule has 0 radical (unpaired) electrons. The van der Waals surface area contributed by atoms with Crippen molar-refractivity contribution in [1.29, 1.82) is 0 Å². The summed E-state index contributed by atoms with van der Waals surface area (Å²) in [6.07, 6.45) is 6.73. The molecule has 2 aliphatic heterocycles. The molecule has 3 heterocycles. The van der Waals surface area contributed by atoms with Crippen molar-refractivity contribution in [3.63, 3.8) is 0 Å². The molecule has 1 fully saturated rings. The number of Topliss-reactive ketones (excluding diaryl/α,β-unsaturated/α-hetero) is 1. The summed E-state index contributed by atoms with van der Waals surface area (Å²) in [5.41, 5.74) is 1.46. The zero-order valence-corrected chi connectivity index (χ0v) is 14.8. The van der Waals surface area contributed by atoms with Crippen molar-refractivity contribution >= 4 is 17.4 Å². The Kier molecular flexibility index (Phi) is 4.48. The summed E-state index contributed by atoms with van der Waals surface area (Å²) in [5.74, 6) is 0.942. The molecule has 0 N–H and O–H groups in total. The van der Waals surface area contributed by atoms with Gasteiger partial charge >= 0.3 is 0 Å². The quantitative estimate of drug-likeness (QED) is 0.811. The van der Waals surface area contributed by atoms with Gasteiger partial charge in [0.2, 0.25) is 0 Å². The zero-order valence-electron chi connectivity index (χ0n) is 14.1. The fourth-order valence-electron chi connectivity index (χ4n) is 3.88. The van der Waals surface area contributed by atoms with Crippen LogP contribution in [0.5, 0.6) is 5.75 Å². The summed E-state index contributed by atoms with van der Waals surface area (Å²) >= 11 is 6.24. The van der Waals surface area contributed by atoms with Crippen LogP contribution < -0.4 is 4.74 Å². The maximum absolute atomic E-state index is 12.6. The minimum Gasteiger partial charge on any atom is -0.486 e. The number of ether oxygens (including phenoxy) is 1. The predicted octanol–water partition coefficient (Wildman–Crippen LogP) is 4.13. The highest BCUT2D eigenvalue weighted by Gasteiger charge is 2.41. The van der Waals surface area contributed by atoms with Crippen molar-refractivity contribution in [2.24, 2.45) is 0 Å². The van der Waals surface area contributed by atoms with E-state index in [4.69, 9.17) is 16.3 Å². The van der Waals surface area contributed by atoms with E-state index < -0.39 is 0 Å². The molecule has 130 valence electrons. The van der Waals surface area contributed by atoms with Gasteiger partial charge in [0.15, 0.2) is 5.78 Å². The summed E-state index contributed by atoms with van der Waals surface area (Å²) in [7, 11) is 0. The SMILES string of the molecule is O=C1CC2(CCCN(Cc3ccncc3Cl)CC2)Oc2ccccc21. The highest BCUT2D eigenvalue weighted by atomic mass is 35.5. The Morgan fingerprint density at radius 3 is 2.96 bits per heavy atom. The van der Waals surface area contributed by atoms with Gasteiger partial charge in [-0.05, 0) is 43.1 Å². The molecule has 1 aromatic carbocycles. The summed E-state index contributed by atoms with van der Waals surface area (Å²) < 4.78 is 6.35. The number of benzene rings is 1. The lowest BCUT2D eigenvalue weighted by atomic mass is 9.84. The Bertz CT molecular complexity index is 795. The number of carbonyl (C=O) groups is 1. The third kappa shape index (κ3) is 3.42. The Morgan fingerprint density at radius 2 is 2.08 bits per heavy atom.